The molecule has 1 aromatic carbocycles. The van der Waals surface area contributed by atoms with Gasteiger partial charge in [0.15, 0.2) is 0 Å². The van der Waals surface area contributed by atoms with E-state index in [1.807, 2.05) is 13.0 Å². The summed E-state index contributed by atoms with van der Waals surface area (Å²) < 4.78 is 7.91. The Labute approximate surface area is 143 Å². The van der Waals surface area contributed by atoms with E-state index in [-0.39, 0.29) is 0 Å². The number of rotatable bonds is 5. The second kappa shape index (κ2) is 6.99. The van der Waals surface area contributed by atoms with Crippen LogP contribution in [-0.2, 0) is 6.54 Å². The molecule has 0 aliphatic carbocycles. The smallest absolute Gasteiger partial charge is 0.138 e. The number of nitrogens with zero attached hydrogens (tertiary/aromatic N) is 1. The molecule has 1 unspecified atom stereocenters. The van der Waals surface area contributed by atoms with Gasteiger partial charge in [-0.25, -0.2) is 0 Å². The normalized spacial score (nSPS) is 27.9. The van der Waals surface area contributed by atoms with Crippen LogP contribution in [0.25, 0.3) is 0 Å². The van der Waals surface area contributed by atoms with Crippen LogP contribution < -0.4 is 10.1 Å². The van der Waals surface area contributed by atoms with Crippen LogP contribution in [0, 0.1) is 5.92 Å². The Morgan fingerprint density at radius 3 is 2.67 bits per heavy atom. The van der Waals surface area contributed by atoms with Crippen LogP contribution in [0.3, 0.4) is 0 Å². The van der Waals surface area contributed by atoms with Crippen molar-refractivity contribution >= 4 is 31.9 Å². The number of hydrogen-bond donors (Lipinski definition) is 1. The van der Waals surface area contributed by atoms with Gasteiger partial charge in [0.1, 0.15) is 5.75 Å². The Hall–Kier alpha value is -0.100. The summed E-state index contributed by atoms with van der Waals surface area (Å²) in [5.74, 6) is 1.82. The number of nitrogens with one attached hydrogen (secondary N) is 1. The fraction of sp³-hybridized carbons (Fsp3) is 0.625. The lowest BCUT2D eigenvalue weighted by atomic mass is 9.84. The van der Waals surface area contributed by atoms with Gasteiger partial charge in [-0.15, -0.1) is 0 Å². The monoisotopic (exact) mass is 416 g/mol. The van der Waals surface area contributed by atoms with E-state index >= 15 is 0 Å². The van der Waals surface area contributed by atoms with Crippen molar-refractivity contribution in [2.45, 2.75) is 32.4 Å². The predicted molar refractivity (Wildman–Crippen MR) is 92.8 cm³/mol. The molecule has 5 heteroatoms. The zero-order valence-corrected chi connectivity index (χ0v) is 15.5. The zero-order valence-electron chi connectivity index (χ0n) is 12.4. The van der Waals surface area contributed by atoms with Gasteiger partial charge in [-0.3, -0.25) is 0 Å². The third kappa shape index (κ3) is 3.63. The molecule has 3 nitrogen and oxygen atoms in total. The van der Waals surface area contributed by atoms with Crippen LogP contribution in [-0.4, -0.2) is 37.2 Å². The van der Waals surface area contributed by atoms with Crippen LogP contribution in [0.2, 0.25) is 0 Å². The van der Waals surface area contributed by atoms with Crippen molar-refractivity contribution in [2.75, 3.05) is 26.2 Å². The first-order chi connectivity index (χ1) is 10.2. The second-order valence-electron chi connectivity index (χ2n) is 5.93. The average Bonchev–Trinajstić information content (AvgIpc) is 2.49. The fourth-order valence-electron chi connectivity index (χ4n) is 3.49. The maximum atomic E-state index is 5.81. The predicted octanol–water partition coefficient (Wildman–Crippen LogP) is 3.79. The molecule has 2 bridgehead atoms. The number of halogens is 2. The Kier molecular flexibility index (Phi) is 5.25. The number of ether oxygens (including phenoxy) is 1. The number of piperidine rings is 3. The summed E-state index contributed by atoms with van der Waals surface area (Å²) in [5.41, 5.74) is 1.22. The van der Waals surface area contributed by atoms with E-state index in [4.69, 9.17) is 4.74 Å². The summed E-state index contributed by atoms with van der Waals surface area (Å²) in [6.07, 6.45) is 2.69. The SMILES string of the molecule is CCOc1c(Br)cc(Br)cc1CNC1CN2CCC1CC2. The van der Waals surface area contributed by atoms with Crippen molar-refractivity contribution in [2.24, 2.45) is 5.92 Å². The first-order valence-corrected chi connectivity index (χ1v) is 9.32. The largest absolute Gasteiger partial charge is 0.492 e. The van der Waals surface area contributed by atoms with E-state index in [1.165, 1.54) is 38.0 Å². The topological polar surface area (TPSA) is 24.5 Å². The molecule has 0 amide bonds. The third-order valence-corrected chi connectivity index (χ3v) is 5.63. The van der Waals surface area contributed by atoms with Crippen molar-refractivity contribution in [3.05, 3.63) is 26.6 Å². The first-order valence-electron chi connectivity index (χ1n) is 7.74. The molecule has 3 aliphatic rings. The van der Waals surface area contributed by atoms with Crippen molar-refractivity contribution in [3.8, 4) is 5.75 Å². The molecular formula is C16H22Br2N2O. The Bertz CT molecular complexity index is 501. The van der Waals surface area contributed by atoms with Crippen molar-refractivity contribution in [3.63, 3.8) is 0 Å². The van der Waals surface area contributed by atoms with E-state index in [9.17, 15) is 0 Å². The molecule has 0 aromatic heterocycles. The fourth-order valence-corrected chi connectivity index (χ4v) is 4.92. The van der Waals surface area contributed by atoms with Gasteiger partial charge in [0.25, 0.3) is 0 Å². The Morgan fingerprint density at radius 2 is 2.05 bits per heavy atom. The third-order valence-electron chi connectivity index (χ3n) is 4.58. The molecule has 116 valence electrons. The summed E-state index contributed by atoms with van der Waals surface area (Å²) in [6.45, 7) is 7.35. The van der Waals surface area contributed by atoms with E-state index in [0.717, 1.165) is 27.2 Å². The van der Waals surface area contributed by atoms with Crippen molar-refractivity contribution in [1.82, 2.24) is 10.2 Å². The summed E-state index contributed by atoms with van der Waals surface area (Å²) in [6, 6.07) is 4.83. The molecule has 3 fully saturated rings. The number of hydrogen-bond acceptors (Lipinski definition) is 3. The minimum absolute atomic E-state index is 0.625. The van der Waals surface area contributed by atoms with Crippen LogP contribution in [0.15, 0.2) is 21.1 Å². The van der Waals surface area contributed by atoms with Gasteiger partial charge in [-0.1, -0.05) is 15.9 Å². The first kappa shape index (κ1) is 15.8. The highest BCUT2D eigenvalue weighted by atomic mass is 79.9. The second-order valence-corrected chi connectivity index (χ2v) is 7.70. The molecule has 1 atom stereocenters. The van der Waals surface area contributed by atoms with E-state index in [1.54, 1.807) is 0 Å². The van der Waals surface area contributed by atoms with Crippen LogP contribution >= 0.6 is 31.9 Å². The Morgan fingerprint density at radius 1 is 1.29 bits per heavy atom. The molecule has 3 heterocycles. The van der Waals surface area contributed by atoms with Crippen LogP contribution in [0.1, 0.15) is 25.3 Å². The van der Waals surface area contributed by atoms with Gasteiger partial charge in [0.05, 0.1) is 11.1 Å². The summed E-state index contributed by atoms with van der Waals surface area (Å²) in [5, 5.41) is 3.76. The van der Waals surface area contributed by atoms with E-state index in [0.29, 0.717) is 12.6 Å². The van der Waals surface area contributed by atoms with Gasteiger partial charge in [-0.05, 0) is 66.8 Å². The van der Waals surface area contributed by atoms with E-state index < -0.39 is 0 Å². The quantitative estimate of drug-likeness (QED) is 0.788. The summed E-state index contributed by atoms with van der Waals surface area (Å²) in [7, 11) is 0. The highest BCUT2D eigenvalue weighted by Gasteiger charge is 2.33. The molecule has 0 spiro atoms. The highest BCUT2D eigenvalue weighted by molar-refractivity contribution is 9.11. The maximum Gasteiger partial charge on any atom is 0.138 e. The molecule has 1 N–H and O–H groups in total. The number of benzene rings is 1. The molecular weight excluding hydrogens is 396 g/mol. The van der Waals surface area contributed by atoms with Gasteiger partial charge in [-0.2, -0.15) is 0 Å². The minimum Gasteiger partial charge on any atom is -0.492 e. The zero-order chi connectivity index (χ0) is 14.8. The summed E-state index contributed by atoms with van der Waals surface area (Å²) in [4.78, 5) is 2.58. The molecule has 0 radical (unpaired) electrons. The number of fused-ring (bicyclic) bond motifs is 3. The highest BCUT2D eigenvalue weighted by Crippen LogP contribution is 2.34. The molecule has 4 rings (SSSR count). The maximum absolute atomic E-state index is 5.81. The van der Waals surface area contributed by atoms with Gasteiger partial charge in [0, 0.05) is 29.2 Å². The van der Waals surface area contributed by atoms with Crippen LogP contribution in [0.4, 0.5) is 0 Å². The minimum atomic E-state index is 0.625. The standard InChI is InChI=1S/C16H22Br2N2O/c1-2-21-16-12(7-13(17)8-14(16)18)9-19-15-10-20-5-3-11(15)4-6-20/h7-8,11,15,19H,2-6,9-10H2,1H3. The van der Waals surface area contributed by atoms with Gasteiger partial charge < -0.3 is 15.0 Å². The molecule has 3 aliphatic heterocycles. The van der Waals surface area contributed by atoms with Crippen molar-refractivity contribution < 1.29 is 4.74 Å². The lowest BCUT2D eigenvalue weighted by Gasteiger charge is -2.45. The lowest BCUT2D eigenvalue weighted by Crippen LogP contribution is -2.55. The van der Waals surface area contributed by atoms with Crippen molar-refractivity contribution in [1.29, 1.82) is 0 Å². The average molecular weight is 418 g/mol. The van der Waals surface area contributed by atoms with Gasteiger partial charge in [0.2, 0.25) is 0 Å². The Balaban J connectivity index is 1.69. The van der Waals surface area contributed by atoms with E-state index in [2.05, 4.69) is 48.1 Å². The molecule has 3 saturated heterocycles. The molecule has 21 heavy (non-hydrogen) atoms. The molecule has 1 aromatic rings. The van der Waals surface area contributed by atoms with Crippen LogP contribution in [0.5, 0.6) is 5.75 Å². The lowest BCUT2D eigenvalue weighted by molar-refractivity contribution is 0.0719. The molecule has 0 saturated carbocycles. The van der Waals surface area contributed by atoms with Gasteiger partial charge >= 0.3 is 0 Å². The summed E-state index contributed by atoms with van der Waals surface area (Å²) >= 11 is 7.18.